The van der Waals surface area contributed by atoms with Crippen molar-refractivity contribution in [2.75, 3.05) is 22.4 Å². The number of nitrogens with zero attached hydrogens (tertiary/aromatic N) is 1. The number of sulfonamides is 1. The summed E-state index contributed by atoms with van der Waals surface area (Å²) >= 11 is 3.20. The van der Waals surface area contributed by atoms with E-state index < -0.39 is 39.9 Å². The highest BCUT2D eigenvalue weighted by Crippen LogP contribution is 2.34. The van der Waals surface area contributed by atoms with Crippen molar-refractivity contribution in [2.45, 2.75) is 6.18 Å². The number of hydrogen-bond acceptors (Lipinski definition) is 3. The van der Waals surface area contributed by atoms with E-state index in [9.17, 15) is 26.4 Å². The third-order valence-electron chi connectivity index (χ3n) is 3.29. The average Bonchev–Trinajstić information content (AvgIpc) is 2.51. The van der Waals surface area contributed by atoms with E-state index in [0.29, 0.717) is 4.47 Å². The highest BCUT2D eigenvalue weighted by atomic mass is 79.9. The maximum atomic E-state index is 13.0. The van der Waals surface area contributed by atoms with E-state index in [1.54, 1.807) is 12.1 Å². The molecule has 0 spiro atoms. The minimum absolute atomic E-state index is 0.209. The van der Waals surface area contributed by atoms with Gasteiger partial charge in [-0.1, -0.05) is 34.1 Å². The van der Waals surface area contributed by atoms with Crippen LogP contribution in [-0.2, 0) is 21.0 Å². The topological polar surface area (TPSA) is 66.5 Å². The number of rotatable bonds is 5. The average molecular weight is 451 g/mol. The second-order valence-corrected chi connectivity index (χ2v) is 8.16. The largest absolute Gasteiger partial charge is 0.418 e. The van der Waals surface area contributed by atoms with E-state index in [-0.39, 0.29) is 5.69 Å². The van der Waals surface area contributed by atoms with Gasteiger partial charge in [-0.3, -0.25) is 9.10 Å². The summed E-state index contributed by atoms with van der Waals surface area (Å²) in [6.07, 6.45) is -3.74. The Kier molecular flexibility index (Phi) is 5.97. The molecule has 2 aromatic carbocycles. The molecule has 2 rings (SSSR count). The van der Waals surface area contributed by atoms with Crippen LogP contribution in [0.3, 0.4) is 0 Å². The first-order valence-electron chi connectivity index (χ1n) is 7.18. The predicted octanol–water partition coefficient (Wildman–Crippen LogP) is 3.87. The van der Waals surface area contributed by atoms with Crippen molar-refractivity contribution in [3.05, 3.63) is 58.6 Å². The minimum atomic E-state index is -4.65. The second kappa shape index (κ2) is 7.67. The van der Waals surface area contributed by atoms with E-state index >= 15 is 0 Å². The molecular weight excluding hydrogens is 437 g/mol. The number of carbonyl (C=O) groups excluding carboxylic acids is 1. The Hall–Kier alpha value is -2.07. The third kappa shape index (κ3) is 5.21. The van der Waals surface area contributed by atoms with Crippen molar-refractivity contribution in [3.8, 4) is 0 Å². The van der Waals surface area contributed by atoms with Crippen LogP contribution in [0.15, 0.2) is 53.0 Å². The van der Waals surface area contributed by atoms with Gasteiger partial charge in [0, 0.05) is 4.47 Å². The number of carbonyl (C=O) groups is 1. The van der Waals surface area contributed by atoms with E-state index in [2.05, 4.69) is 21.2 Å². The molecule has 0 aliphatic carbocycles. The van der Waals surface area contributed by atoms with Gasteiger partial charge in [0.2, 0.25) is 15.9 Å². The fraction of sp³-hybridized carbons (Fsp3) is 0.188. The van der Waals surface area contributed by atoms with Crippen molar-refractivity contribution in [1.82, 2.24) is 0 Å². The molecule has 0 radical (unpaired) electrons. The van der Waals surface area contributed by atoms with E-state index in [0.717, 1.165) is 22.7 Å². The first kappa shape index (κ1) is 20.2. The molecule has 0 fully saturated rings. The highest BCUT2D eigenvalue weighted by Gasteiger charge is 2.33. The standard InChI is InChI=1S/C16H14BrF3N2O3S/c1-26(24,25)22(12-6-4-5-11(17)9-12)10-15(23)21-14-8-3-2-7-13(14)16(18,19)20/h2-9H,10H2,1H3,(H,21,23). The first-order valence-corrected chi connectivity index (χ1v) is 9.82. The second-order valence-electron chi connectivity index (χ2n) is 5.34. The van der Waals surface area contributed by atoms with Crippen LogP contribution in [0.4, 0.5) is 24.5 Å². The van der Waals surface area contributed by atoms with Crippen molar-refractivity contribution in [2.24, 2.45) is 0 Å². The molecule has 0 aliphatic rings. The van der Waals surface area contributed by atoms with E-state index in [4.69, 9.17) is 0 Å². The number of nitrogens with one attached hydrogen (secondary N) is 1. The van der Waals surface area contributed by atoms with Crippen LogP contribution in [0.2, 0.25) is 0 Å². The lowest BCUT2D eigenvalue weighted by molar-refractivity contribution is -0.137. The van der Waals surface area contributed by atoms with E-state index in [1.165, 1.54) is 24.3 Å². The molecule has 0 bridgehead atoms. The number of amides is 1. The van der Waals surface area contributed by atoms with Crippen LogP contribution >= 0.6 is 15.9 Å². The van der Waals surface area contributed by atoms with Gasteiger partial charge in [-0.05, 0) is 30.3 Å². The molecule has 0 saturated heterocycles. The molecule has 26 heavy (non-hydrogen) atoms. The van der Waals surface area contributed by atoms with Gasteiger partial charge in [-0.2, -0.15) is 13.2 Å². The summed E-state index contributed by atoms with van der Waals surface area (Å²) in [6.45, 7) is -0.665. The number of halogens is 4. The summed E-state index contributed by atoms with van der Waals surface area (Å²) in [5.74, 6) is -0.896. The summed E-state index contributed by atoms with van der Waals surface area (Å²) in [5, 5.41) is 2.13. The Morgan fingerprint density at radius 1 is 1.15 bits per heavy atom. The molecule has 1 amide bonds. The molecule has 0 atom stereocenters. The maximum Gasteiger partial charge on any atom is 0.418 e. The number of para-hydroxylation sites is 1. The highest BCUT2D eigenvalue weighted by molar-refractivity contribution is 9.10. The molecule has 140 valence electrons. The van der Waals surface area contributed by atoms with Gasteiger partial charge in [0.15, 0.2) is 0 Å². The Morgan fingerprint density at radius 3 is 2.38 bits per heavy atom. The van der Waals surface area contributed by atoms with E-state index in [1.807, 2.05) is 0 Å². The van der Waals surface area contributed by atoms with Crippen molar-refractivity contribution in [1.29, 1.82) is 0 Å². The van der Waals surface area contributed by atoms with Gasteiger partial charge in [-0.15, -0.1) is 0 Å². The molecule has 5 nitrogen and oxygen atoms in total. The fourth-order valence-electron chi connectivity index (χ4n) is 2.19. The van der Waals surface area contributed by atoms with Crippen LogP contribution in [0.1, 0.15) is 5.56 Å². The molecule has 0 aromatic heterocycles. The third-order valence-corrected chi connectivity index (χ3v) is 4.92. The molecule has 10 heteroatoms. The summed E-state index contributed by atoms with van der Waals surface area (Å²) in [6, 6.07) is 10.7. The lowest BCUT2D eigenvalue weighted by Crippen LogP contribution is -2.37. The molecule has 1 N–H and O–H groups in total. The van der Waals surface area contributed by atoms with Crippen LogP contribution in [-0.4, -0.2) is 27.1 Å². The van der Waals surface area contributed by atoms with Gasteiger partial charge in [0.1, 0.15) is 6.54 Å². The lowest BCUT2D eigenvalue weighted by Gasteiger charge is -2.22. The fourth-order valence-corrected chi connectivity index (χ4v) is 3.43. The Morgan fingerprint density at radius 2 is 1.81 bits per heavy atom. The monoisotopic (exact) mass is 450 g/mol. The zero-order chi connectivity index (χ0) is 19.5. The van der Waals surface area contributed by atoms with Crippen molar-refractivity contribution >= 4 is 43.2 Å². The molecular formula is C16H14BrF3N2O3S. The minimum Gasteiger partial charge on any atom is -0.324 e. The van der Waals surface area contributed by atoms with Crippen LogP contribution in [0.25, 0.3) is 0 Å². The normalized spacial score (nSPS) is 11.9. The SMILES string of the molecule is CS(=O)(=O)N(CC(=O)Nc1ccccc1C(F)(F)F)c1cccc(Br)c1. The van der Waals surface area contributed by atoms with Gasteiger partial charge >= 0.3 is 6.18 Å². The van der Waals surface area contributed by atoms with Gasteiger partial charge in [-0.25, -0.2) is 8.42 Å². The lowest BCUT2D eigenvalue weighted by atomic mass is 10.1. The Bertz CT molecular complexity index is 917. The number of hydrogen-bond donors (Lipinski definition) is 1. The van der Waals surface area contributed by atoms with Crippen molar-refractivity contribution < 1.29 is 26.4 Å². The summed E-state index contributed by atoms with van der Waals surface area (Å²) in [4.78, 5) is 12.2. The Labute approximate surface area is 157 Å². The van der Waals surface area contributed by atoms with Gasteiger partial charge in [0.25, 0.3) is 0 Å². The molecule has 0 aliphatic heterocycles. The predicted molar refractivity (Wildman–Crippen MR) is 96.4 cm³/mol. The molecule has 0 unspecified atom stereocenters. The summed E-state index contributed by atoms with van der Waals surface area (Å²) in [5.41, 5.74) is -1.24. The zero-order valence-corrected chi connectivity index (χ0v) is 15.8. The van der Waals surface area contributed by atoms with Crippen LogP contribution in [0, 0.1) is 0 Å². The van der Waals surface area contributed by atoms with Gasteiger partial charge in [0.05, 0.1) is 23.2 Å². The molecule has 0 saturated carbocycles. The zero-order valence-electron chi connectivity index (χ0n) is 13.4. The van der Waals surface area contributed by atoms with Crippen LogP contribution < -0.4 is 9.62 Å². The number of alkyl halides is 3. The summed E-state index contributed by atoms with van der Waals surface area (Å²) < 4.78 is 64.4. The number of anilines is 2. The molecule has 2 aromatic rings. The van der Waals surface area contributed by atoms with Crippen molar-refractivity contribution in [3.63, 3.8) is 0 Å². The first-order chi connectivity index (χ1) is 12.0. The quantitative estimate of drug-likeness (QED) is 0.751. The smallest absolute Gasteiger partial charge is 0.324 e. The maximum absolute atomic E-state index is 13.0. The number of benzene rings is 2. The Balaban J connectivity index is 2.27. The summed E-state index contributed by atoms with van der Waals surface area (Å²) in [7, 11) is -3.83. The molecule has 0 heterocycles. The van der Waals surface area contributed by atoms with Crippen LogP contribution in [0.5, 0.6) is 0 Å². The van der Waals surface area contributed by atoms with Gasteiger partial charge < -0.3 is 5.32 Å².